The van der Waals surface area contributed by atoms with Crippen molar-refractivity contribution in [3.63, 3.8) is 0 Å². The Bertz CT molecular complexity index is 1130. The Kier molecular flexibility index (Phi) is 6.82. The second kappa shape index (κ2) is 9.41. The van der Waals surface area contributed by atoms with Gasteiger partial charge < -0.3 is 20.7 Å². The molecule has 1 saturated heterocycles. The first-order valence-corrected chi connectivity index (χ1v) is 11.0. The van der Waals surface area contributed by atoms with Gasteiger partial charge in [-0.3, -0.25) is 19.3 Å². The van der Waals surface area contributed by atoms with Crippen molar-refractivity contribution in [3.8, 4) is 0 Å². The van der Waals surface area contributed by atoms with Crippen LogP contribution in [-0.2, 0) is 14.3 Å². The van der Waals surface area contributed by atoms with Gasteiger partial charge in [-0.2, -0.15) is 0 Å². The number of para-hydroxylation sites is 1. The summed E-state index contributed by atoms with van der Waals surface area (Å²) >= 11 is 0.906. The van der Waals surface area contributed by atoms with Crippen molar-refractivity contribution < 1.29 is 28.7 Å². The highest BCUT2D eigenvalue weighted by molar-refractivity contribution is 7.19. The third-order valence-electron chi connectivity index (χ3n) is 4.86. The van der Waals surface area contributed by atoms with Crippen molar-refractivity contribution in [2.45, 2.75) is 33.2 Å². The maximum atomic E-state index is 12.8. The fraction of sp³-hybridized carbons (Fsp3) is 0.318. The molecule has 3 rings (SSSR count). The maximum Gasteiger partial charge on any atom is 0.341 e. The number of anilines is 2. The summed E-state index contributed by atoms with van der Waals surface area (Å²) < 4.78 is 5.09. The zero-order chi connectivity index (χ0) is 24.3. The van der Waals surface area contributed by atoms with Crippen molar-refractivity contribution in [3.05, 3.63) is 46.3 Å². The van der Waals surface area contributed by atoms with Crippen LogP contribution in [0.15, 0.2) is 30.3 Å². The normalized spacial score (nSPS) is 14.6. The van der Waals surface area contributed by atoms with E-state index in [1.54, 1.807) is 38.1 Å². The maximum absolute atomic E-state index is 12.8. The minimum absolute atomic E-state index is 0.0472. The van der Waals surface area contributed by atoms with Crippen LogP contribution < -0.4 is 16.0 Å². The quantitative estimate of drug-likeness (QED) is 0.419. The van der Waals surface area contributed by atoms with Gasteiger partial charge in [0.05, 0.1) is 17.0 Å². The number of thiophene rings is 1. The molecule has 174 valence electrons. The summed E-state index contributed by atoms with van der Waals surface area (Å²) in [6.45, 7) is 5.84. The van der Waals surface area contributed by atoms with Crippen LogP contribution in [0.5, 0.6) is 0 Å². The molecular formula is C22H24N4O6S. The van der Waals surface area contributed by atoms with Crippen LogP contribution in [0.25, 0.3) is 0 Å². The number of nitrogens with zero attached hydrogens (tertiary/aromatic N) is 1. The summed E-state index contributed by atoms with van der Waals surface area (Å²) in [5, 5.41) is 7.88. The van der Waals surface area contributed by atoms with Crippen LogP contribution in [-0.4, -0.2) is 53.3 Å². The zero-order valence-corrected chi connectivity index (χ0v) is 19.4. The average molecular weight is 473 g/mol. The zero-order valence-electron chi connectivity index (χ0n) is 18.6. The SMILES string of the molecule is CCOC(=O)c1c(NC(=O)CN2C(=O)NC(C)(C)C2=O)sc(C(=O)Nc2ccccc2)c1C. The number of ether oxygens (including phenoxy) is 1. The van der Waals surface area contributed by atoms with E-state index in [0.29, 0.717) is 11.3 Å². The number of benzene rings is 1. The van der Waals surface area contributed by atoms with Crippen molar-refractivity contribution in [2.24, 2.45) is 0 Å². The van der Waals surface area contributed by atoms with Crippen LogP contribution in [0, 0.1) is 6.92 Å². The number of amides is 5. The number of hydrogen-bond acceptors (Lipinski definition) is 7. The van der Waals surface area contributed by atoms with Gasteiger partial charge >= 0.3 is 12.0 Å². The largest absolute Gasteiger partial charge is 0.462 e. The fourth-order valence-electron chi connectivity index (χ4n) is 3.25. The molecule has 1 aliphatic heterocycles. The van der Waals surface area contributed by atoms with E-state index >= 15 is 0 Å². The fourth-order valence-corrected chi connectivity index (χ4v) is 4.35. The molecule has 1 aromatic heterocycles. The van der Waals surface area contributed by atoms with Gasteiger partial charge in [-0.15, -0.1) is 11.3 Å². The highest BCUT2D eigenvalue weighted by Crippen LogP contribution is 2.34. The predicted molar refractivity (Wildman–Crippen MR) is 122 cm³/mol. The van der Waals surface area contributed by atoms with Crippen LogP contribution in [0.3, 0.4) is 0 Å². The van der Waals surface area contributed by atoms with Gasteiger partial charge in [0, 0.05) is 5.69 Å². The van der Waals surface area contributed by atoms with Crippen molar-refractivity contribution >= 4 is 51.7 Å². The molecule has 0 bridgehead atoms. The lowest BCUT2D eigenvalue weighted by Gasteiger charge is -2.15. The van der Waals surface area contributed by atoms with E-state index in [4.69, 9.17) is 4.74 Å². The summed E-state index contributed by atoms with van der Waals surface area (Å²) in [5.41, 5.74) is -0.153. The lowest BCUT2D eigenvalue weighted by atomic mass is 10.1. The first-order chi connectivity index (χ1) is 15.5. The number of urea groups is 1. The summed E-state index contributed by atoms with van der Waals surface area (Å²) in [7, 11) is 0. The van der Waals surface area contributed by atoms with Gasteiger partial charge in [-0.1, -0.05) is 18.2 Å². The Hall–Kier alpha value is -3.73. The molecule has 0 aliphatic carbocycles. The molecule has 0 spiro atoms. The van der Waals surface area contributed by atoms with Gasteiger partial charge in [0.15, 0.2) is 0 Å². The lowest BCUT2D eigenvalue weighted by molar-refractivity contribution is -0.132. The molecular weight excluding hydrogens is 448 g/mol. The molecule has 0 atom stereocenters. The Morgan fingerprint density at radius 2 is 1.79 bits per heavy atom. The molecule has 10 nitrogen and oxygen atoms in total. The minimum atomic E-state index is -1.12. The second-order valence-corrected chi connectivity index (χ2v) is 8.82. The minimum Gasteiger partial charge on any atom is -0.462 e. The molecule has 11 heteroatoms. The standard InChI is InChI=1S/C22H24N4O6S/c1-5-32-19(29)15-12(2)16(17(28)23-13-9-7-6-8-10-13)33-18(15)24-14(27)11-26-20(30)22(3,4)25-21(26)31/h6-10H,5,11H2,1-4H3,(H,23,28)(H,24,27)(H,25,31). The van der Waals surface area contributed by atoms with E-state index < -0.39 is 41.8 Å². The molecule has 0 radical (unpaired) electrons. The Morgan fingerprint density at radius 3 is 2.36 bits per heavy atom. The third kappa shape index (κ3) is 5.03. The number of rotatable bonds is 7. The molecule has 5 amide bonds. The van der Waals surface area contributed by atoms with E-state index in [0.717, 1.165) is 16.2 Å². The Morgan fingerprint density at radius 1 is 1.12 bits per heavy atom. The first kappa shape index (κ1) is 23.9. The molecule has 1 aromatic carbocycles. The average Bonchev–Trinajstić information content (AvgIpc) is 3.16. The highest BCUT2D eigenvalue weighted by atomic mass is 32.1. The second-order valence-electron chi connectivity index (χ2n) is 7.80. The number of carbonyl (C=O) groups excluding carboxylic acids is 5. The topological polar surface area (TPSA) is 134 Å². The first-order valence-electron chi connectivity index (χ1n) is 10.2. The molecule has 33 heavy (non-hydrogen) atoms. The van der Waals surface area contributed by atoms with Crippen molar-refractivity contribution in [2.75, 3.05) is 23.8 Å². The Labute approximate surface area is 194 Å². The van der Waals surface area contributed by atoms with Crippen LogP contribution in [0.1, 0.15) is 46.4 Å². The molecule has 2 heterocycles. The number of carbonyl (C=O) groups is 5. The summed E-state index contributed by atoms with van der Waals surface area (Å²) in [4.78, 5) is 63.5. The van der Waals surface area contributed by atoms with Crippen molar-refractivity contribution in [1.82, 2.24) is 10.2 Å². The Balaban J connectivity index is 1.85. The van der Waals surface area contributed by atoms with Gasteiger partial charge in [-0.25, -0.2) is 9.59 Å². The van der Waals surface area contributed by atoms with E-state index in [1.165, 1.54) is 13.8 Å². The molecule has 0 unspecified atom stereocenters. The van der Waals surface area contributed by atoms with E-state index in [9.17, 15) is 24.0 Å². The number of esters is 1. The van der Waals surface area contributed by atoms with Crippen LogP contribution in [0.2, 0.25) is 0 Å². The number of nitrogens with one attached hydrogen (secondary N) is 3. The summed E-state index contributed by atoms with van der Waals surface area (Å²) in [5.74, 6) is -2.39. The molecule has 3 N–H and O–H groups in total. The predicted octanol–water partition coefficient (Wildman–Crippen LogP) is 2.75. The van der Waals surface area contributed by atoms with Crippen LogP contribution >= 0.6 is 11.3 Å². The van der Waals surface area contributed by atoms with Gasteiger partial charge in [0.25, 0.3) is 11.8 Å². The van der Waals surface area contributed by atoms with Gasteiger partial charge in [-0.05, 0) is 45.4 Å². The van der Waals surface area contributed by atoms with Gasteiger partial charge in [0.2, 0.25) is 5.91 Å². The summed E-state index contributed by atoms with van der Waals surface area (Å²) in [6.07, 6.45) is 0. The number of imide groups is 1. The highest BCUT2D eigenvalue weighted by Gasteiger charge is 2.45. The van der Waals surface area contributed by atoms with E-state index in [-0.39, 0.29) is 22.0 Å². The molecule has 1 aliphatic rings. The van der Waals surface area contributed by atoms with E-state index in [2.05, 4.69) is 16.0 Å². The molecule has 0 saturated carbocycles. The summed E-state index contributed by atoms with van der Waals surface area (Å²) in [6, 6.07) is 8.10. The number of hydrogen-bond donors (Lipinski definition) is 3. The van der Waals surface area contributed by atoms with Gasteiger partial charge in [0.1, 0.15) is 17.1 Å². The smallest absolute Gasteiger partial charge is 0.341 e. The van der Waals surface area contributed by atoms with Crippen molar-refractivity contribution in [1.29, 1.82) is 0 Å². The van der Waals surface area contributed by atoms with Crippen LogP contribution in [0.4, 0.5) is 15.5 Å². The molecule has 2 aromatic rings. The molecule has 1 fully saturated rings. The van der Waals surface area contributed by atoms with E-state index in [1.807, 2.05) is 6.07 Å². The lowest BCUT2D eigenvalue weighted by Crippen LogP contribution is -2.41. The monoisotopic (exact) mass is 472 g/mol. The third-order valence-corrected chi connectivity index (χ3v) is 6.07.